The molecule has 2 aliphatic carbocycles. The second kappa shape index (κ2) is 20.6. The van der Waals surface area contributed by atoms with Crippen LogP contribution in [0.1, 0.15) is 69.2 Å². The van der Waals surface area contributed by atoms with E-state index in [2.05, 4.69) is 85.2 Å². The largest absolute Gasteiger partial charge is 4.00 e. The fraction of sp³-hybridized carbons (Fsp3) is 1.00. The topological polar surface area (TPSA) is 68.4 Å². The average Bonchev–Trinajstić information content (AvgIpc) is 2.83. The first kappa shape index (κ1) is 38.8. The molecule has 0 bridgehead atoms. The summed E-state index contributed by atoms with van der Waals surface area (Å²) >= 11 is 0. The summed E-state index contributed by atoms with van der Waals surface area (Å²) in [6.45, 7) is 28.1. The molecule has 0 aromatic carbocycles. The van der Waals surface area contributed by atoms with Crippen molar-refractivity contribution in [1.29, 1.82) is 0 Å². The van der Waals surface area contributed by atoms with Crippen molar-refractivity contribution in [3.8, 4) is 0 Å². The van der Waals surface area contributed by atoms with E-state index in [1.54, 1.807) is 28.2 Å². The summed E-state index contributed by atoms with van der Waals surface area (Å²) in [5, 5.41) is 20.9. The van der Waals surface area contributed by atoms with Crippen LogP contribution in [0.25, 0.3) is 21.3 Å². The first-order chi connectivity index (χ1) is 16.4. The summed E-state index contributed by atoms with van der Waals surface area (Å²) in [5.41, 5.74) is 0. The van der Waals surface area contributed by atoms with Crippen LogP contribution in [0.5, 0.6) is 0 Å². The van der Waals surface area contributed by atoms with Crippen molar-refractivity contribution in [1.82, 2.24) is 5.32 Å². The Hall–Kier alpha value is 0.683. The van der Waals surface area contributed by atoms with Crippen LogP contribution in [0.15, 0.2) is 0 Å². The summed E-state index contributed by atoms with van der Waals surface area (Å²) in [6, 6.07) is 1.05. The third-order valence-corrected chi connectivity index (χ3v) is 10.0. The Morgan fingerprint density at radius 1 is 0.417 bits per heavy atom. The predicted octanol–water partition coefficient (Wildman–Crippen LogP) is 7.69. The standard InChI is InChI=1S/C26H51N3.2C2H6N.Zr/c1-15-17(3)21(7)25(22(8)18(15)4)28-13-11-27-12-14-29-26-23(9)19(5)16(2)20(6)24(26)10;2*1-3-2;/h15-27H,11-14H2,1-10H3;2*1-2H3;/q-2;2*-1;+4/t15?,16?,17-,18-,19+,20+,21-,22-,23+,24+,25?,26?;;;. The summed E-state index contributed by atoms with van der Waals surface area (Å²) in [4.78, 5) is 0. The smallest absolute Gasteiger partial charge is 0.668 e. The van der Waals surface area contributed by atoms with Gasteiger partial charge in [-0.15, -0.1) is 25.2 Å². The maximum absolute atomic E-state index is 5.13. The predicted molar refractivity (Wildman–Crippen MR) is 159 cm³/mol. The van der Waals surface area contributed by atoms with Gasteiger partial charge in [0.05, 0.1) is 0 Å². The van der Waals surface area contributed by atoms with Gasteiger partial charge in [-0.1, -0.05) is 92.9 Å². The fourth-order valence-corrected chi connectivity index (χ4v) is 6.45. The molecule has 8 atom stereocenters. The van der Waals surface area contributed by atoms with Crippen molar-refractivity contribution in [2.45, 2.75) is 81.3 Å². The molecule has 212 valence electrons. The van der Waals surface area contributed by atoms with Crippen LogP contribution in [0.2, 0.25) is 0 Å². The Morgan fingerprint density at radius 3 is 0.833 bits per heavy atom. The van der Waals surface area contributed by atoms with Crippen LogP contribution in [-0.4, -0.2) is 66.5 Å². The molecule has 0 heterocycles. The van der Waals surface area contributed by atoms with Crippen molar-refractivity contribution in [3.63, 3.8) is 0 Å². The van der Waals surface area contributed by atoms with E-state index in [0.717, 1.165) is 61.7 Å². The molecule has 36 heavy (non-hydrogen) atoms. The second-order valence-electron chi connectivity index (χ2n) is 12.0. The molecule has 1 N–H and O–H groups in total. The first-order valence-corrected chi connectivity index (χ1v) is 14.4. The molecule has 5 nitrogen and oxygen atoms in total. The summed E-state index contributed by atoms with van der Waals surface area (Å²) < 4.78 is 0. The van der Waals surface area contributed by atoms with Gasteiger partial charge in [-0.3, -0.25) is 0 Å². The van der Waals surface area contributed by atoms with Gasteiger partial charge in [0.1, 0.15) is 0 Å². The SMILES string of the molecule is CC1[C@@H](C)[C@@H](C)C([N-]CCNCC[N-]C2[C@@H](C)[C@@H](C)C(C)[C@H](C)[C@@H]2C)[C@H](C)[C@@H]1C.C[N-]C.C[N-]C.[Zr+4]. The third kappa shape index (κ3) is 11.4. The molecule has 0 spiro atoms. The molecule has 0 aromatic heterocycles. The van der Waals surface area contributed by atoms with E-state index in [1.807, 2.05) is 0 Å². The van der Waals surface area contributed by atoms with Gasteiger partial charge in [0, 0.05) is 0 Å². The quantitative estimate of drug-likeness (QED) is 0.292. The maximum atomic E-state index is 5.13. The van der Waals surface area contributed by atoms with E-state index in [-0.39, 0.29) is 26.2 Å². The van der Waals surface area contributed by atoms with Crippen LogP contribution >= 0.6 is 0 Å². The van der Waals surface area contributed by atoms with Gasteiger partial charge in [0.25, 0.3) is 0 Å². The molecular formula is C30H63N5Zr. The van der Waals surface area contributed by atoms with Gasteiger partial charge in [-0.05, 0) is 48.6 Å². The molecule has 2 fully saturated rings. The first-order valence-electron chi connectivity index (χ1n) is 14.4. The Balaban J connectivity index is 0. The van der Waals surface area contributed by atoms with Gasteiger partial charge in [0.2, 0.25) is 0 Å². The van der Waals surface area contributed by atoms with Crippen LogP contribution in [-0.2, 0) is 26.2 Å². The Bertz CT molecular complexity index is 446. The molecular weight excluding hydrogens is 522 g/mol. The van der Waals surface area contributed by atoms with Crippen LogP contribution in [0.4, 0.5) is 0 Å². The van der Waals surface area contributed by atoms with Crippen molar-refractivity contribution >= 4 is 0 Å². The van der Waals surface area contributed by atoms with E-state index >= 15 is 0 Å². The summed E-state index contributed by atoms with van der Waals surface area (Å²) in [6.07, 6.45) is 0. The van der Waals surface area contributed by atoms with Crippen molar-refractivity contribution in [2.75, 3.05) is 54.4 Å². The zero-order valence-corrected chi connectivity index (χ0v) is 29.0. The fourth-order valence-electron chi connectivity index (χ4n) is 6.45. The zero-order chi connectivity index (χ0) is 27.3. The second-order valence-corrected chi connectivity index (χ2v) is 12.0. The van der Waals surface area contributed by atoms with E-state index in [9.17, 15) is 0 Å². The van der Waals surface area contributed by atoms with Gasteiger partial charge < -0.3 is 26.6 Å². The summed E-state index contributed by atoms with van der Waals surface area (Å²) in [7, 11) is 7.00. The molecule has 0 aliphatic heterocycles. The van der Waals surface area contributed by atoms with Crippen LogP contribution in [0.3, 0.4) is 0 Å². The van der Waals surface area contributed by atoms with E-state index < -0.39 is 0 Å². The Labute approximate surface area is 246 Å². The maximum Gasteiger partial charge on any atom is 4.00 e. The van der Waals surface area contributed by atoms with Gasteiger partial charge >= 0.3 is 26.2 Å². The van der Waals surface area contributed by atoms with Crippen LogP contribution in [0, 0.1) is 59.2 Å². The Morgan fingerprint density at radius 2 is 0.611 bits per heavy atom. The van der Waals surface area contributed by atoms with Gasteiger partial charge in [0.15, 0.2) is 0 Å². The van der Waals surface area contributed by atoms with Crippen molar-refractivity contribution in [2.24, 2.45) is 59.2 Å². The minimum absolute atomic E-state index is 0. The normalized spacial score (nSPS) is 40.2. The molecule has 6 heteroatoms. The van der Waals surface area contributed by atoms with Crippen LogP contribution < -0.4 is 5.32 Å². The number of hydrogen-bond acceptors (Lipinski definition) is 1. The third-order valence-electron chi connectivity index (χ3n) is 10.0. The number of hydrogen-bond donors (Lipinski definition) is 1. The minimum atomic E-state index is 0. The van der Waals surface area contributed by atoms with Gasteiger partial charge in [-0.25, -0.2) is 0 Å². The van der Waals surface area contributed by atoms with Crippen molar-refractivity contribution in [3.05, 3.63) is 21.3 Å². The molecule has 2 aliphatic rings. The zero-order valence-electron chi connectivity index (χ0n) is 26.5. The van der Waals surface area contributed by atoms with E-state index in [1.165, 1.54) is 0 Å². The van der Waals surface area contributed by atoms with E-state index in [0.29, 0.717) is 35.8 Å². The monoisotopic (exact) mass is 583 g/mol. The summed E-state index contributed by atoms with van der Waals surface area (Å²) in [5.74, 6) is 7.51. The molecule has 2 saturated carbocycles. The van der Waals surface area contributed by atoms with Crippen molar-refractivity contribution < 1.29 is 26.2 Å². The number of nitrogens with zero attached hydrogens (tertiary/aromatic N) is 4. The Kier molecular flexibility index (Phi) is 22.2. The molecule has 0 radical (unpaired) electrons. The molecule has 0 saturated heterocycles. The number of nitrogens with one attached hydrogen (secondary N) is 1. The van der Waals surface area contributed by atoms with E-state index in [4.69, 9.17) is 10.6 Å². The molecule has 0 aromatic rings. The molecule has 2 rings (SSSR count). The molecule has 0 amide bonds. The average molecular weight is 585 g/mol. The van der Waals surface area contributed by atoms with Gasteiger partial charge in [-0.2, -0.15) is 28.2 Å². The number of rotatable bonds is 8. The molecule has 0 unspecified atom stereocenters. The minimum Gasteiger partial charge on any atom is -0.668 e.